The average molecular weight is 323 g/mol. The number of benzene rings is 1. The predicted octanol–water partition coefficient (Wildman–Crippen LogP) is 3.41. The molecule has 0 aliphatic carbocycles. The zero-order chi connectivity index (χ0) is 17.5. The minimum Gasteiger partial charge on any atom is -0.457 e. The summed E-state index contributed by atoms with van der Waals surface area (Å²) in [5.74, 6) is -0.836. The smallest absolute Gasteiger partial charge is 0.336 e. The molecule has 4 nitrogen and oxygen atoms in total. The van der Waals surface area contributed by atoms with E-state index in [0.717, 1.165) is 11.1 Å². The topological polar surface area (TPSA) is 55.4 Å². The Morgan fingerprint density at radius 3 is 2.67 bits per heavy atom. The molecule has 0 fully saturated rings. The van der Waals surface area contributed by atoms with Gasteiger partial charge in [0.05, 0.1) is 5.57 Å². The number of carbonyl (C=O) groups excluding carboxylic acids is 2. The Bertz CT molecular complexity index is 714. The lowest BCUT2D eigenvalue weighted by molar-refractivity contribution is -0.138. The molecule has 1 aliphatic heterocycles. The molecule has 1 N–H and O–H groups in total. The Morgan fingerprint density at radius 2 is 2.04 bits per heavy atom. The molecule has 0 radical (unpaired) electrons. The first kappa shape index (κ1) is 17.5. The molecular formula is C20H21NO3. The van der Waals surface area contributed by atoms with E-state index in [1.54, 1.807) is 25.2 Å². The van der Waals surface area contributed by atoms with E-state index in [0.29, 0.717) is 11.3 Å². The number of rotatable bonds is 6. The maximum Gasteiger partial charge on any atom is 0.336 e. The Balaban J connectivity index is 2.26. The summed E-state index contributed by atoms with van der Waals surface area (Å²) < 4.78 is 5.41. The number of carbonyl (C=O) groups is 2. The lowest BCUT2D eigenvalue weighted by Gasteiger charge is -2.26. The lowest BCUT2D eigenvalue weighted by Crippen LogP contribution is -2.34. The third kappa shape index (κ3) is 4.10. The van der Waals surface area contributed by atoms with Gasteiger partial charge in [0.2, 0.25) is 5.91 Å². The van der Waals surface area contributed by atoms with Crippen LogP contribution >= 0.6 is 0 Å². The minimum atomic E-state index is -0.432. The van der Waals surface area contributed by atoms with Crippen LogP contribution in [0.2, 0.25) is 0 Å². The monoisotopic (exact) mass is 323 g/mol. The van der Waals surface area contributed by atoms with Gasteiger partial charge in [-0.1, -0.05) is 61.7 Å². The highest BCUT2D eigenvalue weighted by Crippen LogP contribution is 2.33. The van der Waals surface area contributed by atoms with Gasteiger partial charge in [0, 0.05) is 18.0 Å². The number of hydrogen-bond acceptors (Lipinski definition) is 3. The number of nitrogens with one attached hydrogen (secondary N) is 1. The van der Waals surface area contributed by atoms with Gasteiger partial charge in [-0.15, -0.1) is 0 Å². The van der Waals surface area contributed by atoms with E-state index < -0.39 is 5.97 Å². The van der Waals surface area contributed by atoms with Crippen LogP contribution in [0.25, 0.3) is 0 Å². The molecule has 4 heteroatoms. The predicted molar refractivity (Wildman–Crippen MR) is 94.1 cm³/mol. The van der Waals surface area contributed by atoms with E-state index in [2.05, 4.69) is 18.5 Å². The first-order chi connectivity index (χ1) is 11.6. The summed E-state index contributed by atoms with van der Waals surface area (Å²) in [7, 11) is 0. The van der Waals surface area contributed by atoms with Gasteiger partial charge in [-0.3, -0.25) is 4.79 Å². The van der Waals surface area contributed by atoms with Crippen molar-refractivity contribution in [2.45, 2.75) is 19.3 Å². The van der Waals surface area contributed by atoms with Gasteiger partial charge in [0.1, 0.15) is 6.61 Å². The fraction of sp³-hybridized carbons (Fsp3) is 0.200. The van der Waals surface area contributed by atoms with Gasteiger partial charge in [-0.2, -0.15) is 0 Å². The van der Waals surface area contributed by atoms with E-state index in [-0.39, 0.29) is 24.9 Å². The second-order valence-electron chi connectivity index (χ2n) is 5.51. The molecule has 1 aliphatic rings. The van der Waals surface area contributed by atoms with Crippen LogP contribution in [-0.4, -0.2) is 18.5 Å². The molecule has 1 atom stereocenters. The number of esters is 1. The van der Waals surface area contributed by atoms with Crippen molar-refractivity contribution in [3.63, 3.8) is 0 Å². The van der Waals surface area contributed by atoms with Gasteiger partial charge in [-0.05, 0) is 18.1 Å². The van der Waals surface area contributed by atoms with Gasteiger partial charge < -0.3 is 10.1 Å². The molecule has 24 heavy (non-hydrogen) atoms. The summed E-state index contributed by atoms with van der Waals surface area (Å²) in [4.78, 5) is 24.5. The molecule has 2 rings (SSSR count). The molecule has 0 saturated heterocycles. The fourth-order valence-corrected chi connectivity index (χ4v) is 2.69. The molecular weight excluding hydrogens is 302 g/mol. The Labute approximate surface area is 142 Å². The third-order valence-electron chi connectivity index (χ3n) is 3.85. The van der Waals surface area contributed by atoms with Crippen LogP contribution in [0, 0.1) is 0 Å². The molecule has 0 aromatic heterocycles. The summed E-state index contributed by atoms with van der Waals surface area (Å²) in [6.45, 7) is 9.13. The van der Waals surface area contributed by atoms with Crippen molar-refractivity contribution < 1.29 is 14.3 Å². The lowest BCUT2D eigenvalue weighted by atomic mass is 9.84. The first-order valence-electron chi connectivity index (χ1n) is 7.73. The second-order valence-corrected chi connectivity index (χ2v) is 5.51. The fourth-order valence-electron chi connectivity index (χ4n) is 2.69. The normalized spacial score (nSPS) is 18.0. The third-order valence-corrected chi connectivity index (χ3v) is 3.85. The molecule has 124 valence electrons. The molecule has 1 unspecified atom stereocenters. The van der Waals surface area contributed by atoms with E-state index >= 15 is 0 Å². The van der Waals surface area contributed by atoms with Crippen molar-refractivity contribution in [1.29, 1.82) is 0 Å². The van der Waals surface area contributed by atoms with Crippen molar-refractivity contribution in [2.24, 2.45) is 0 Å². The summed E-state index contributed by atoms with van der Waals surface area (Å²) in [6, 6.07) is 9.51. The van der Waals surface area contributed by atoms with E-state index in [9.17, 15) is 9.59 Å². The van der Waals surface area contributed by atoms with Crippen molar-refractivity contribution in [3.05, 3.63) is 84.1 Å². The zero-order valence-corrected chi connectivity index (χ0v) is 13.7. The molecule has 0 bridgehead atoms. The van der Waals surface area contributed by atoms with Gasteiger partial charge in [0.15, 0.2) is 0 Å². The van der Waals surface area contributed by atoms with Crippen LogP contribution in [0.4, 0.5) is 0 Å². The van der Waals surface area contributed by atoms with Crippen LogP contribution in [0.3, 0.4) is 0 Å². The summed E-state index contributed by atoms with van der Waals surface area (Å²) in [5, 5.41) is 2.73. The quantitative estimate of drug-likeness (QED) is 0.645. The maximum atomic E-state index is 12.6. The largest absolute Gasteiger partial charge is 0.457 e. The maximum absolute atomic E-state index is 12.6. The van der Waals surface area contributed by atoms with E-state index in [1.165, 1.54) is 0 Å². The van der Waals surface area contributed by atoms with Crippen molar-refractivity contribution in [2.75, 3.05) is 6.61 Å². The Kier molecular flexibility index (Phi) is 5.90. The number of amides is 1. The zero-order valence-electron chi connectivity index (χ0n) is 13.7. The van der Waals surface area contributed by atoms with E-state index in [1.807, 2.05) is 30.3 Å². The van der Waals surface area contributed by atoms with E-state index in [4.69, 9.17) is 4.74 Å². The Morgan fingerprint density at radius 1 is 1.33 bits per heavy atom. The van der Waals surface area contributed by atoms with Crippen LogP contribution in [0.5, 0.6) is 0 Å². The van der Waals surface area contributed by atoms with Crippen LogP contribution in [0.1, 0.15) is 24.8 Å². The summed E-state index contributed by atoms with van der Waals surface area (Å²) >= 11 is 0. The molecule has 1 heterocycles. The van der Waals surface area contributed by atoms with Crippen molar-refractivity contribution in [1.82, 2.24) is 5.32 Å². The minimum absolute atomic E-state index is 0.101. The highest BCUT2D eigenvalue weighted by atomic mass is 16.5. The molecule has 0 saturated carbocycles. The first-order valence-corrected chi connectivity index (χ1v) is 7.73. The van der Waals surface area contributed by atoms with Gasteiger partial charge in [0.25, 0.3) is 0 Å². The number of hydrogen-bond donors (Lipinski definition) is 1. The highest BCUT2D eigenvalue weighted by molar-refractivity contribution is 5.95. The van der Waals surface area contributed by atoms with Crippen molar-refractivity contribution >= 4 is 11.9 Å². The molecule has 1 aromatic rings. The highest BCUT2D eigenvalue weighted by Gasteiger charge is 2.32. The summed E-state index contributed by atoms with van der Waals surface area (Å²) in [5.41, 5.74) is 2.71. The second kappa shape index (κ2) is 8.11. The SMILES string of the molecule is C=C/C=C(\C=C)COC(=O)C1=C(C)NC(=O)CC1c1ccccc1. The van der Waals surface area contributed by atoms with Crippen LogP contribution in [-0.2, 0) is 14.3 Å². The number of allylic oxidation sites excluding steroid dienone is 3. The summed E-state index contributed by atoms with van der Waals surface area (Å²) in [6.07, 6.45) is 5.19. The van der Waals surface area contributed by atoms with Gasteiger partial charge in [-0.25, -0.2) is 4.79 Å². The van der Waals surface area contributed by atoms with Crippen LogP contribution < -0.4 is 5.32 Å². The number of ether oxygens (including phenoxy) is 1. The van der Waals surface area contributed by atoms with Gasteiger partial charge >= 0.3 is 5.97 Å². The standard InChI is InChI=1S/C20H21NO3/c1-4-9-15(5-2)13-24-20(23)19-14(3)21-18(22)12-17(19)16-10-7-6-8-11-16/h4-11,17H,1-2,12-13H2,3H3,(H,21,22)/b15-9+. The molecule has 0 spiro atoms. The van der Waals surface area contributed by atoms with Crippen molar-refractivity contribution in [3.8, 4) is 0 Å². The Hall–Kier alpha value is -2.88. The van der Waals surface area contributed by atoms with Crippen LogP contribution in [0.15, 0.2) is 78.6 Å². The molecule has 1 aromatic carbocycles. The average Bonchev–Trinajstić information content (AvgIpc) is 2.58. The molecule has 1 amide bonds.